The second kappa shape index (κ2) is 8.03. The molecule has 0 fully saturated rings. The number of esters is 2. The molecule has 0 aliphatic rings. The minimum absolute atomic E-state index is 0.191. The molecule has 0 saturated carbocycles. The van der Waals surface area contributed by atoms with Gasteiger partial charge in [-0.3, -0.25) is 4.79 Å². The number of allylic oxidation sites excluding steroid dienone is 1. The van der Waals surface area contributed by atoms with Crippen molar-refractivity contribution in [1.82, 2.24) is 0 Å². The van der Waals surface area contributed by atoms with Gasteiger partial charge in [-0.2, -0.15) is 0 Å². The molecule has 0 radical (unpaired) electrons. The number of hydrogen-bond donors (Lipinski definition) is 0. The summed E-state index contributed by atoms with van der Waals surface area (Å²) >= 11 is 0. The minimum atomic E-state index is -0.303. The first-order valence-corrected chi connectivity index (χ1v) is 4.93. The number of unbranched alkanes of at least 4 members (excludes halogenated alkanes) is 2. The summed E-state index contributed by atoms with van der Waals surface area (Å²) in [5.74, 6) is -0.494. The fraction of sp³-hybridized carbons (Fsp3) is 0.636. The number of carbonyl (C=O) groups is 2. The zero-order valence-corrected chi connectivity index (χ0v) is 9.54. The third-order valence-electron chi connectivity index (χ3n) is 2.02. The molecule has 0 unspecified atom stereocenters. The Bertz CT molecular complexity index is 243. The molecule has 0 aromatic carbocycles. The van der Waals surface area contributed by atoms with E-state index in [2.05, 4.69) is 9.47 Å². The maximum atomic E-state index is 11.0. The SMILES string of the molecule is COC(=O)CCCCC=C(C)C(=O)OC. The normalized spacial score (nSPS) is 11.0. The smallest absolute Gasteiger partial charge is 0.333 e. The quantitative estimate of drug-likeness (QED) is 0.384. The molecule has 0 rings (SSSR count). The lowest BCUT2D eigenvalue weighted by Crippen LogP contribution is -2.01. The zero-order valence-electron chi connectivity index (χ0n) is 9.54. The van der Waals surface area contributed by atoms with Gasteiger partial charge in [-0.25, -0.2) is 4.79 Å². The standard InChI is InChI=1S/C11H18O4/c1-9(11(13)15-3)7-5-4-6-8-10(12)14-2/h7H,4-6,8H2,1-3H3. The van der Waals surface area contributed by atoms with Gasteiger partial charge in [0.2, 0.25) is 0 Å². The summed E-state index contributed by atoms with van der Waals surface area (Å²) < 4.78 is 9.05. The van der Waals surface area contributed by atoms with Crippen molar-refractivity contribution in [3.8, 4) is 0 Å². The number of hydrogen-bond acceptors (Lipinski definition) is 4. The summed E-state index contributed by atoms with van der Waals surface area (Å²) in [4.78, 5) is 21.7. The number of rotatable bonds is 6. The van der Waals surface area contributed by atoms with Crippen LogP contribution in [0.2, 0.25) is 0 Å². The van der Waals surface area contributed by atoms with E-state index in [9.17, 15) is 9.59 Å². The van der Waals surface area contributed by atoms with Gasteiger partial charge in [0, 0.05) is 12.0 Å². The fourth-order valence-electron chi connectivity index (χ4n) is 1.08. The monoisotopic (exact) mass is 214 g/mol. The molecule has 0 heterocycles. The molecule has 0 spiro atoms. The topological polar surface area (TPSA) is 52.6 Å². The zero-order chi connectivity index (χ0) is 11.7. The van der Waals surface area contributed by atoms with Crippen molar-refractivity contribution in [2.45, 2.75) is 32.6 Å². The average molecular weight is 214 g/mol. The highest BCUT2D eigenvalue weighted by molar-refractivity contribution is 5.87. The van der Waals surface area contributed by atoms with E-state index in [-0.39, 0.29) is 11.9 Å². The third kappa shape index (κ3) is 6.71. The van der Waals surface area contributed by atoms with Gasteiger partial charge < -0.3 is 9.47 Å². The Morgan fingerprint density at radius 3 is 2.33 bits per heavy atom. The molecule has 4 nitrogen and oxygen atoms in total. The maximum Gasteiger partial charge on any atom is 0.333 e. The highest BCUT2D eigenvalue weighted by Gasteiger charge is 2.02. The third-order valence-corrected chi connectivity index (χ3v) is 2.02. The van der Waals surface area contributed by atoms with Gasteiger partial charge in [-0.1, -0.05) is 6.08 Å². The summed E-state index contributed by atoms with van der Waals surface area (Å²) in [5.41, 5.74) is 0.607. The van der Waals surface area contributed by atoms with Gasteiger partial charge in [0.1, 0.15) is 0 Å². The van der Waals surface area contributed by atoms with Crippen LogP contribution in [0.1, 0.15) is 32.6 Å². The van der Waals surface area contributed by atoms with Gasteiger partial charge >= 0.3 is 11.9 Å². The summed E-state index contributed by atoms with van der Waals surface area (Å²) in [5, 5.41) is 0. The molecule has 0 bridgehead atoms. The molecule has 0 aromatic heterocycles. The van der Waals surface area contributed by atoms with E-state index < -0.39 is 0 Å². The molecule has 0 aliphatic heterocycles. The Morgan fingerprint density at radius 1 is 1.13 bits per heavy atom. The number of carbonyl (C=O) groups excluding carboxylic acids is 2. The fourth-order valence-corrected chi connectivity index (χ4v) is 1.08. The Labute approximate surface area is 90.2 Å². The first-order chi connectivity index (χ1) is 7.11. The molecular formula is C11H18O4. The molecule has 0 amide bonds. The van der Waals surface area contributed by atoms with Crippen molar-refractivity contribution in [1.29, 1.82) is 0 Å². The largest absolute Gasteiger partial charge is 0.469 e. The second-order valence-corrected chi connectivity index (χ2v) is 3.20. The number of ether oxygens (including phenoxy) is 2. The van der Waals surface area contributed by atoms with Gasteiger partial charge in [-0.05, 0) is 26.2 Å². The van der Waals surface area contributed by atoms with Crippen LogP contribution in [-0.2, 0) is 19.1 Å². The van der Waals surface area contributed by atoms with Crippen LogP contribution in [0.5, 0.6) is 0 Å². The highest BCUT2D eigenvalue weighted by atomic mass is 16.5. The Hall–Kier alpha value is -1.32. The predicted molar refractivity (Wildman–Crippen MR) is 56.3 cm³/mol. The van der Waals surface area contributed by atoms with Gasteiger partial charge in [-0.15, -0.1) is 0 Å². The summed E-state index contributed by atoms with van der Waals surface area (Å²) in [7, 11) is 2.74. The van der Waals surface area contributed by atoms with Gasteiger partial charge in [0.25, 0.3) is 0 Å². The molecule has 0 saturated heterocycles. The molecule has 0 N–H and O–H groups in total. The van der Waals surface area contributed by atoms with Crippen LogP contribution >= 0.6 is 0 Å². The maximum absolute atomic E-state index is 11.0. The second-order valence-electron chi connectivity index (χ2n) is 3.20. The predicted octanol–water partition coefficient (Wildman–Crippen LogP) is 1.84. The van der Waals surface area contributed by atoms with Crippen LogP contribution in [0.4, 0.5) is 0 Å². The summed E-state index contributed by atoms with van der Waals surface area (Å²) in [6, 6.07) is 0. The van der Waals surface area contributed by atoms with Crippen molar-refractivity contribution >= 4 is 11.9 Å². The molecular weight excluding hydrogens is 196 g/mol. The molecule has 4 heteroatoms. The van der Waals surface area contributed by atoms with Gasteiger partial charge in [0.15, 0.2) is 0 Å². The lowest BCUT2D eigenvalue weighted by Gasteiger charge is -1.99. The van der Waals surface area contributed by atoms with Crippen molar-refractivity contribution < 1.29 is 19.1 Å². The Morgan fingerprint density at radius 2 is 1.80 bits per heavy atom. The van der Waals surface area contributed by atoms with Crippen molar-refractivity contribution in [2.24, 2.45) is 0 Å². The summed E-state index contributed by atoms with van der Waals surface area (Å²) in [6.07, 6.45) is 4.67. The first-order valence-electron chi connectivity index (χ1n) is 4.93. The van der Waals surface area contributed by atoms with E-state index in [0.29, 0.717) is 12.0 Å². The number of methoxy groups -OCH3 is 2. The van der Waals surface area contributed by atoms with Crippen LogP contribution in [0.15, 0.2) is 11.6 Å². The lowest BCUT2D eigenvalue weighted by molar-refractivity contribution is -0.140. The van der Waals surface area contributed by atoms with E-state index in [1.165, 1.54) is 14.2 Å². The molecule has 0 aromatic rings. The first kappa shape index (κ1) is 13.7. The van der Waals surface area contributed by atoms with E-state index >= 15 is 0 Å². The van der Waals surface area contributed by atoms with Crippen molar-refractivity contribution in [3.05, 3.63) is 11.6 Å². The van der Waals surface area contributed by atoms with E-state index in [1.807, 2.05) is 6.08 Å². The van der Waals surface area contributed by atoms with Crippen LogP contribution in [0.3, 0.4) is 0 Å². The van der Waals surface area contributed by atoms with Crippen molar-refractivity contribution in [2.75, 3.05) is 14.2 Å². The van der Waals surface area contributed by atoms with E-state index in [1.54, 1.807) is 6.92 Å². The summed E-state index contributed by atoms with van der Waals surface area (Å²) in [6.45, 7) is 1.71. The van der Waals surface area contributed by atoms with Crippen molar-refractivity contribution in [3.63, 3.8) is 0 Å². The lowest BCUT2D eigenvalue weighted by atomic mass is 10.1. The van der Waals surface area contributed by atoms with Crippen LogP contribution in [-0.4, -0.2) is 26.2 Å². The molecule has 0 atom stereocenters. The van der Waals surface area contributed by atoms with E-state index in [4.69, 9.17) is 0 Å². The highest BCUT2D eigenvalue weighted by Crippen LogP contribution is 2.05. The van der Waals surface area contributed by atoms with Crippen LogP contribution < -0.4 is 0 Å². The molecule has 0 aliphatic carbocycles. The molecule has 15 heavy (non-hydrogen) atoms. The molecule has 86 valence electrons. The Balaban J connectivity index is 3.61. The average Bonchev–Trinajstić information content (AvgIpc) is 2.26. The Kier molecular flexibility index (Phi) is 7.32. The van der Waals surface area contributed by atoms with E-state index in [0.717, 1.165) is 19.3 Å². The van der Waals surface area contributed by atoms with Crippen LogP contribution in [0.25, 0.3) is 0 Å². The van der Waals surface area contributed by atoms with Gasteiger partial charge in [0.05, 0.1) is 14.2 Å². The van der Waals surface area contributed by atoms with Crippen LogP contribution in [0, 0.1) is 0 Å². The minimum Gasteiger partial charge on any atom is -0.469 e.